The molecule has 2 heteroatoms. The van der Waals surface area contributed by atoms with Gasteiger partial charge in [0.2, 0.25) is 5.78 Å². The van der Waals surface area contributed by atoms with Crippen LogP contribution in [0.3, 0.4) is 0 Å². The van der Waals surface area contributed by atoms with E-state index in [1.54, 1.807) is 6.92 Å². The van der Waals surface area contributed by atoms with E-state index in [0.29, 0.717) is 5.57 Å². The van der Waals surface area contributed by atoms with Crippen molar-refractivity contribution >= 4 is 11.6 Å². The van der Waals surface area contributed by atoms with Crippen LogP contribution in [0.1, 0.15) is 40.5 Å². The van der Waals surface area contributed by atoms with Gasteiger partial charge in [-0.1, -0.05) is 18.9 Å². The fourth-order valence-corrected chi connectivity index (χ4v) is 1.02. The third-order valence-corrected chi connectivity index (χ3v) is 1.93. The number of hydrogen-bond acceptors (Lipinski definition) is 2. The summed E-state index contributed by atoms with van der Waals surface area (Å²) in [6, 6.07) is 0. The minimum absolute atomic E-state index is 0.346. The highest BCUT2D eigenvalue weighted by atomic mass is 16.2. The number of Topliss-reactive ketones (excluding diaryl/α,β-unsaturated/α-hetero) is 2. The van der Waals surface area contributed by atoms with Crippen LogP contribution < -0.4 is 0 Å². The van der Waals surface area contributed by atoms with Gasteiger partial charge in [-0.3, -0.25) is 9.59 Å². The Kier molecular flexibility index (Phi) is 4.49. The molecule has 0 aromatic carbocycles. The van der Waals surface area contributed by atoms with Crippen molar-refractivity contribution < 1.29 is 9.59 Å². The predicted octanol–water partition coefficient (Wildman–Crippen LogP) is 2.28. The quantitative estimate of drug-likeness (QED) is 0.476. The first-order valence-electron chi connectivity index (χ1n) is 4.22. The van der Waals surface area contributed by atoms with Crippen LogP contribution in [0.25, 0.3) is 0 Å². The minimum atomic E-state index is -0.372. The number of carbonyl (C=O) groups is 2. The van der Waals surface area contributed by atoms with Crippen LogP contribution in [0.4, 0.5) is 0 Å². The van der Waals surface area contributed by atoms with E-state index in [1.807, 2.05) is 6.92 Å². The Hall–Kier alpha value is -0.920. The lowest BCUT2D eigenvalue weighted by Crippen LogP contribution is -2.11. The Balaban J connectivity index is 4.54. The standard InChI is InChI=1S/C10H16O2/c1-5-6-7(2)8(3)10(12)9(4)11/h5-6H2,1-4H3. The fourth-order valence-electron chi connectivity index (χ4n) is 1.02. The Morgan fingerprint density at radius 1 is 1.08 bits per heavy atom. The van der Waals surface area contributed by atoms with Gasteiger partial charge in [-0.2, -0.15) is 0 Å². The molecule has 0 unspecified atom stereocenters. The van der Waals surface area contributed by atoms with Gasteiger partial charge in [0, 0.05) is 6.92 Å². The van der Waals surface area contributed by atoms with E-state index in [2.05, 4.69) is 6.92 Å². The molecule has 0 aromatic rings. The molecule has 0 N–H and O–H groups in total. The molecule has 0 aromatic heterocycles. The third-order valence-electron chi connectivity index (χ3n) is 1.93. The van der Waals surface area contributed by atoms with Crippen molar-refractivity contribution in [2.24, 2.45) is 0 Å². The van der Waals surface area contributed by atoms with Crippen molar-refractivity contribution in [2.75, 3.05) is 0 Å². The minimum Gasteiger partial charge on any atom is -0.291 e. The van der Waals surface area contributed by atoms with Crippen LogP contribution in [-0.4, -0.2) is 11.6 Å². The Labute approximate surface area is 73.7 Å². The van der Waals surface area contributed by atoms with Gasteiger partial charge < -0.3 is 0 Å². The van der Waals surface area contributed by atoms with Gasteiger partial charge in [0.1, 0.15) is 0 Å². The second kappa shape index (κ2) is 4.86. The zero-order valence-corrected chi connectivity index (χ0v) is 8.23. The van der Waals surface area contributed by atoms with E-state index in [9.17, 15) is 9.59 Å². The first-order chi connectivity index (χ1) is 5.50. The molecule has 2 nitrogen and oxygen atoms in total. The average molecular weight is 168 g/mol. The zero-order valence-electron chi connectivity index (χ0n) is 8.23. The molecule has 0 heterocycles. The summed E-state index contributed by atoms with van der Waals surface area (Å²) in [6.45, 7) is 6.98. The van der Waals surface area contributed by atoms with Gasteiger partial charge in [-0.15, -0.1) is 0 Å². The molecular weight excluding hydrogens is 152 g/mol. The second-order valence-corrected chi connectivity index (χ2v) is 3.04. The molecule has 68 valence electrons. The number of rotatable bonds is 4. The summed E-state index contributed by atoms with van der Waals surface area (Å²) in [5, 5.41) is 0. The van der Waals surface area contributed by atoms with E-state index in [4.69, 9.17) is 0 Å². The maximum atomic E-state index is 11.2. The van der Waals surface area contributed by atoms with Crippen molar-refractivity contribution in [2.45, 2.75) is 40.5 Å². The molecule has 0 fully saturated rings. The van der Waals surface area contributed by atoms with Crippen LogP contribution in [0.2, 0.25) is 0 Å². The van der Waals surface area contributed by atoms with Gasteiger partial charge in [-0.05, 0) is 25.8 Å². The first-order valence-corrected chi connectivity index (χ1v) is 4.22. The van der Waals surface area contributed by atoms with Gasteiger partial charge in [0.15, 0.2) is 5.78 Å². The highest BCUT2D eigenvalue weighted by molar-refractivity contribution is 6.42. The van der Waals surface area contributed by atoms with Gasteiger partial charge in [-0.25, -0.2) is 0 Å². The zero-order chi connectivity index (χ0) is 9.72. The summed E-state index contributed by atoms with van der Waals surface area (Å²) in [6.07, 6.45) is 1.90. The number of hydrogen-bond donors (Lipinski definition) is 0. The lowest BCUT2D eigenvalue weighted by molar-refractivity contribution is -0.133. The Morgan fingerprint density at radius 2 is 1.58 bits per heavy atom. The molecule has 0 bridgehead atoms. The maximum absolute atomic E-state index is 11.2. The van der Waals surface area contributed by atoms with Crippen LogP contribution in [0.15, 0.2) is 11.1 Å². The van der Waals surface area contributed by atoms with E-state index in [1.165, 1.54) is 6.92 Å². The van der Waals surface area contributed by atoms with Crippen molar-refractivity contribution in [1.82, 2.24) is 0 Å². The van der Waals surface area contributed by atoms with Crippen LogP contribution in [-0.2, 0) is 9.59 Å². The van der Waals surface area contributed by atoms with Crippen molar-refractivity contribution in [3.8, 4) is 0 Å². The molecule has 0 aliphatic heterocycles. The smallest absolute Gasteiger partial charge is 0.223 e. The van der Waals surface area contributed by atoms with Gasteiger partial charge >= 0.3 is 0 Å². The molecule has 0 saturated carbocycles. The van der Waals surface area contributed by atoms with E-state index in [-0.39, 0.29) is 11.6 Å². The largest absolute Gasteiger partial charge is 0.291 e. The highest BCUT2D eigenvalue weighted by Gasteiger charge is 2.11. The number of ketones is 2. The Bertz CT molecular complexity index is 224. The molecule has 12 heavy (non-hydrogen) atoms. The molecule has 0 rings (SSSR count). The molecule has 0 atom stereocenters. The SMILES string of the molecule is CCCC(C)=C(C)C(=O)C(C)=O. The van der Waals surface area contributed by atoms with Crippen LogP contribution in [0, 0.1) is 0 Å². The Morgan fingerprint density at radius 3 is 1.92 bits per heavy atom. The summed E-state index contributed by atoms with van der Waals surface area (Å²) in [5.74, 6) is -0.719. The monoisotopic (exact) mass is 168 g/mol. The second-order valence-electron chi connectivity index (χ2n) is 3.04. The van der Waals surface area contributed by atoms with E-state index < -0.39 is 0 Å². The highest BCUT2D eigenvalue weighted by Crippen LogP contribution is 2.10. The molecule has 0 spiro atoms. The van der Waals surface area contributed by atoms with Gasteiger partial charge in [0.05, 0.1) is 0 Å². The number of allylic oxidation sites excluding steroid dienone is 2. The summed E-state index contributed by atoms with van der Waals surface area (Å²) >= 11 is 0. The lowest BCUT2D eigenvalue weighted by Gasteiger charge is -2.02. The molecule has 0 amide bonds. The first kappa shape index (κ1) is 11.1. The average Bonchev–Trinajstić information content (AvgIpc) is 2.02. The van der Waals surface area contributed by atoms with Crippen molar-refractivity contribution in [1.29, 1.82) is 0 Å². The van der Waals surface area contributed by atoms with Crippen molar-refractivity contribution in [3.05, 3.63) is 11.1 Å². The van der Waals surface area contributed by atoms with Crippen LogP contribution in [0.5, 0.6) is 0 Å². The maximum Gasteiger partial charge on any atom is 0.223 e. The molecule has 0 aliphatic carbocycles. The third kappa shape index (κ3) is 2.99. The predicted molar refractivity (Wildman–Crippen MR) is 49.0 cm³/mol. The molecule has 0 saturated heterocycles. The molecule has 0 radical (unpaired) electrons. The van der Waals surface area contributed by atoms with Gasteiger partial charge in [0.25, 0.3) is 0 Å². The molecule has 0 aliphatic rings. The summed E-state index contributed by atoms with van der Waals surface area (Å²) < 4.78 is 0. The normalized spacial score (nSPS) is 12.3. The fraction of sp³-hybridized carbons (Fsp3) is 0.600. The van der Waals surface area contributed by atoms with Crippen molar-refractivity contribution in [3.63, 3.8) is 0 Å². The lowest BCUT2D eigenvalue weighted by atomic mass is 10.0. The summed E-state index contributed by atoms with van der Waals surface area (Å²) in [7, 11) is 0. The summed E-state index contributed by atoms with van der Waals surface area (Å²) in [5.41, 5.74) is 1.64. The number of carbonyl (C=O) groups excluding carboxylic acids is 2. The van der Waals surface area contributed by atoms with E-state index in [0.717, 1.165) is 18.4 Å². The topological polar surface area (TPSA) is 34.1 Å². The van der Waals surface area contributed by atoms with Crippen LogP contribution >= 0.6 is 0 Å². The molecular formula is C10H16O2. The summed E-state index contributed by atoms with van der Waals surface area (Å²) in [4.78, 5) is 21.9. The van der Waals surface area contributed by atoms with E-state index >= 15 is 0 Å².